The van der Waals surface area contributed by atoms with Crippen molar-refractivity contribution in [3.63, 3.8) is 0 Å². The van der Waals surface area contributed by atoms with Crippen molar-refractivity contribution in [1.82, 2.24) is 10.2 Å². The molecule has 1 aliphatic carbocycles. The summed E-state index contributed by atoms with van der Waals surface area (Å²) in [6.45, 7) is 0. The maximum atomic E-state index is 11.8. The van der Waals surface area contributed by atoms with E-state index in [1.54, 1.807) is 17.3 Å². The zero-order valence-electron chi connectivity index (χ0n) is 10.3. The monoisotopic (exact) mass is 287 g/mol. The molecule has 18 heavy (non-hydrogen) atoms. The number of hydrogen-bond donors (Lipinski definition) is 1. The summed E-state index contributed by atoms with van der Waals surface area (Å²) in [5, 5.41) is 7.77. The molecule has 2 N–H and O–H groups in total. The van der Waals surface area contributed by atoms with E-state index in [0.29, 0.717) is 0 Å². The van der Waals surface area contributed by atoms with E-state index in [2.05, 4.69) is 10.2 Å². The Morgan fingerprint density at radius 2 is 2.61 bits per heavy atom. The van der Waals surface area contributed by atoms with E-state index in [0.717, 1.165) is 35.8 Å². The van der Waals surface area contributed by atoms with E-state index >= 15 is 0 Å². The zero-order valence-corrected chi connectivity index (χ0v) is 11.9. The van der Waals surface area contributed by atoms with Gasteiger partial charge < -0.3 is 10.5 Å². The summed E-state index contributed by atoms with van der Waals surface area (Å²) < 4.78 is 5.79. The minimum absolute atomic E-state index is 0.213. The first-order valence-electron chi connectivity index (χ1n) is 5.93. The van der Waals surface area contributed by atoms with Gasteiger partial charge in [0.15, 0.2) is 4.34 Å². The lowest BCUT2D eigenvalue weighted by Crippen LogP contribution is -2.51. The SMILES string of the molecule is COC(=O)C1(N)CCCC1CCSc1nncs1. The van der Waals surface area contributed by atoms with Crippen LogP contribution in [0.1, 0.15) is 25.7 Å². The Labute approximate surface area is 114 Å². The Balaban J connectivity index is 1.86. The van der Waals surface area contributed by atoms with Gasteiger partial charge in [0.25, 0.3) is 0 Å². The smallest absolute Gasteiger partial charge is 0.326 e. The molecule has 1 aromatic rings. The van der Waals surface area contributed by atoms with Crippen molar-refractivity contribution in [1.29, 1.82) is 0 Å². The lowest BCUT2D eigenvalue weighted by atomic mass is 9.86. The van der Waals surface area contributed by atoms with E-state index in [4.69, 9.17) is 10.5 Å². The van der Waals surface area contributed by atoms with Gasteiger partial charge in [-0.25, -0.2) is 0 Å². The highest BCUT2D eigenvalue weighted by atomic mass is 32.2. The quantitative estimate of drug-likeness (QED) is 0.656. The highest BCUT2D eigenvalue weighted by Crippen LogP contribution is 2.38. The topological polar surface area (TPSA) is 78.1 Å². The average molecular weight is 287 g/mol. The number of carbonyl (C=O) groups is 1. The number of aromatic nitrogens is 2. The maximum absolute atomic E-state index is 11.8. The molecule has 0 bridgehead atoms. The minimum Gasteiger partial charge on any atom is -0.468 e. The fourth-order valence-electron chi connectivity index (χ4n) is 2.48. The average Bonchev–Trinajstić information content (AvgIpc) is 3.00. The maximum Gasteiger partial charge on any atom is 0.326 e. The molecule has 2 atom stereocenters. The molecule has 1 heterocycles. The van der Waals surface area contributed by atoms with E-state index in [1.807, 2.05) is 0 Å². The Hall–Kier alpha value is -0.660. The van der Waals surface area contributed by atoms with E-state index in [-0.39, 0.29) is 11.9 Å². The highest BCUT2D eigenvalue weighted by Gasteiger charge is 2.46. The standard InChI is InChI=1S/C11H17N3O2S2/c1-16-9(15)11(12)5-2-3-8(11)4-6-17-10-14-13-7-18-10/h7-8H,2-6,12H2,1H3. The molecular formula is C11H17N3O2S2. The number of ether oxygens (including phenoxy) is 1. The summed E-state index contributed by atoms with van der Waals surface area (Å²) in [6, 6.07) is 0. The fourth-order valence-corrected chi connectivity index (χ4v) is 4.09. The molecule has 7 heteroatoms. The Morgan fingerprint density at radius 3 is 3.28 bits per heavy atom. The number of nitrogens with zero attached hydrogens (tertiary/aromatic N) is 2. The molecule has 0 saturated heterocycles. The second-order valence-corrected chi connectivity index (χ2v) is 6.64. The van der Waals surface area contributed by atoms with Crippen molar-refractivity contribution in [3.05, 3.63) is 5.51 Å². The Kier molecular flexibility index (Phi) is 4.58. The van der Waals surface area contributed by atoms with Gasteiger partial charge in [0.1, 0.15) is 11.0 Å². The molecule has 2 unspecified atom stereocenters. The summed E-state index contributed by atoms with van der Waals surface area (Å²) in [5.74, 6) is 0.854. The second-order valence-electron chi connectivity index (χ2n) is 4.46. The number of thioether (sulfide) groups is 1. The molecule has 0 radical (unpaired) electrons. The van der Waals surface area contributed by atoms with E-state index in [1.165, 1.54) is 18.4 Å². The van der Waals surface area contributed by atoms with Crippen LogP contribution in [0.5, 0.6) is 0 Å². The lowest BCUT2D eigenvalue weighted by molar-refractivity contribution is -0.148. The van der Waals surface area contributed by atoms with Gasteiger partial charge in [0.05, 0.1) is 7.11 Å². The summed E-state index contributed by atoms with van der Waals surface area (Å²) >= 11 is 3.21. The van der Waals surface area contributed by atoms with Crippen molar-refractivity contribution in [2.45, 2.75) is 35.6 Å². The van der Waals surface area contributed by atoms with Gasteiger partial charge in [-0.1, -0.05) is 29.5 Å². The largest absolute Gasteiger partial charge is 0.468 e. The molecule has 100 valence electrons. The third kappa shape index (κ3) is 2.84. The van der Waals surface area contributed by atoms with Gasteiger partial charge in [-0.2, -0.15) is 0 Å². The summed E-state index contributed by atoms with van der Waals surface area (Å²) in [5.41, 5.74) is 7.15. The van der Waals surface area contributed by atoms with Crippen LogP contribution in [0.3, 0.4) is 0 Å². The number of rotatable bonds is 5. The van der Waals surface area contributed by atoms with Crippen LogP contribution in [-0.4, -0.2) is 34.6 Å². The van der Waals surface area contributed by atoms with Gasteiger partial charge >= 0.3 is 5.97 Å². The van der Waals surface area contributed by atoms with Crippen LogP contribution in [0.15, 0.2) is 9.85 Å². The first kappa shape index (κ1) is 13.8. The number of esters is 1. The van der Waals surface area contributed by atoms with Crippen LogP contribution in [0, 0.1) is 5.92 Å². The molecule has 0 aliphatic heterocycles. The minimum atomic E-state index is -0.781. The predicted molar refractivity (Wildman–Crippen MR) is 71.5 cm³/mol. The third-order valence-corrected chi connectivity index (χ3v) is 5.36. The second kappa shape index (κ2) is 5.99. The molecule has 1 aromatic heterocycles. The van der Waals surface area contributed by atoms with Crippen LogP contribution in [0.25, 0.3) is 0 Å². The van der Waals surface area contributed by atoms with Gasteiger partial charge in [-0.15, -0.1) is 10.2 Å². The first-order valence-corrected chi connectivity index (χ1v) is 7.79. The van der Waals surface area contributed by atoms with Gasteiger partial charge in [-0.05, 0) is 25.2 Å². The van der Waals surface area contributed by atoms with Crippen LogP contribution in [0.2, 0.25) is 0 Å². The van der Waals surface area contributed by atoms with E-state index < -0.39 is 5.54 Å². The molecule has 5 nitrogen and oxygen atoms in total. The van der Waals surface area contributed by atoms with Gasteiger partial charge in [-0.3, -0.25) is 4.79 Å². The van der Waals surface area contributed by atoms with Gasteiger partial charge in [0.2, 0.25) is 0 Å². The number of methoxy groups -OCH3 is 1. The van der Waals surface area contributed by atoms with Crippen molar-refractivity contribution < 1.29 is 9.53 Å². The molecule has 0 amide bonds. The number of carbonyl (C=O) groups excluding carboxylic acids is 1. The van der Waals surface area contributed by atoms with E-state index in [9.17, 15) is 4.79 Å². The zero-order chi connectivity index (χ0) is 13.0. The molecule has 0 spiro atoms. The summed E-state index contributed by atoms with van der Waals surface area (Å²) in [6.07, 6.45) is 3.64. The van der Waals surface area contributed by atoms with Crippen molar-refractivity contribution >= 4 is 29.1 Å². The molecule has 1 saturated carbocycles. The van der Waals surface area contributed by atoms with Gasteiger partial charge in [0, 0.05) is 5.75 Å². The van der Waals surface area contributed by atoms with Crippen molar-refractivity contribution in [3.8, 4) is 0 Å². The predicted octanol–water partition coefficient (Wildman–Crippen LogP) is 1.69. The first-order chi connectivity index (χ1) is 8.66. The molecule has 1 aliphatic rings. The fraction of sp³-hybridized carbons (Fsp3) is 0.727. The molecule has 1 fully saturated rings. The van der Waals surface area contributed by atoms with Crippen LogP contribution < -0.4 is 5.73 Å². The van der Waals surface area contributed by atoms with Crippen LogP contribution in [-0.2, 0) is 9.53 Å². The summed E-state index contributed by atoms with van der Waals surface area (Å²) in [7, 11) is 1.41. The lowest BCUT2D eigenvalue weighted by Gasteiger charge is -2.28. The van der Waals surface area contributed by atoms with Crippen LogP contribution >= 0.6 is 23.1 Å². The van der Waals surface area contributed by atoms with Crippen LogP contribution in [0.4, 0.5) is 0 Å². The summed E-state index contributed by atoms with van der Waals surface area (Å²) in [4.78, 5) is 11.8. The Bertz CT molecular complexity index is 399. The van der Waals surface area contributed by atoms with Crippen molar-refractivity contribution in [2.24, 2.45) is 11.7 Å². The molecular weight excluding hydrogens is 270 g/mol. The number of hydrogen-bond acceptors (Lipinski definition) is 7. The Morgan fingerprint density at radius 1 is 1.78 bits per heavy atom. The molecule has 2 rings (SSSR count). The molecule has 0 aromatic carbocycles. The third-order valence-electron chi connectivity index (χ3n) is 3.47. The highest BCUT2D eigenvalue weighted by molar-refractivity contribution is 8.00. The van der Waals surface area contributed by atoms with Crippen molar-refractivity contribution in [2.75, 3.05) is 12.9 Å². The normalized spacial score (nSPS) is 27.3. The number of nitrogens with two attached hydrogens (primary N) is 1.